The van der Waals surface area contributed by atoms with Gasteiger partial charge in [0.15, 0.2) is 5.84 Å². The molecule has 0 radical (unpaired) electrons. The molecule has 0 aromatic heterocycles. The zero-order valence-corrected chi connectivity index (χ0v) is 12.3. The van der Waals surface area contributed by atoms with Gasteiger partial charge in [-0.1, -0.05) is 17.3 Å². The number of hydrogen-bond acceptors (Lipinski definition) is 4. The fourth-order valence-corrected chi connectivity index (χ4v) is 2.89. The molecule has 2 rings (SSSR count). The minimum Gasteiger partial charge on any atom is -0.409 e. The molecule has 0 atom stereocenters. The smallest absolute Gasteiger partial charge is 0.172 e. The van der Waals surface area contributed by atoms with Gasteiger partial charge in [0.2, 0.25) is 0 Å². The van der Waals surface area contributed by atoms with E-state index in [2.05, 4.69) is 29.1 Å². The molecular formula is C15H24N4O. The highest BCUT2D eigenvalue weighted by atomic mass is 16.4. The summed E-state index contributed by atoms with van der Waals surface area (Å²) >= 11 is 0. The molecule has 0 saturated carbocycles. The predicted molar refractivity (Wildman–Crippen MR) is 82.4 cm³/mol. The maximum Gasteiger partial charge on any atom is 0.172 e. The van der Waals surface area contributed by atoms with Crippen molar-refractivity contribution in [3.05, 3.63) is 29.8 Å². The Balaban J connectivity index is 2.07. The maximum atomic E-state index is 8.89. The van der Waals surface area contributed by atoms with E-state index in [0.717, 1.165) is 36.8 Å². The first kappa shape index (κ1) is 14.7. The van der Waals surface area contributed by atoms with Crippen LogP contribution in [0.3, 0.4) is 0 Å². The van der Waals surface area contributed by atoms with Gasteiger partial charge in [-0.2, -0.15) is 0 Å². The maximum absolute atomic E-state index is 8.89. The van der Waals surface area contributed by atoms with Gasteiger partial charge >= 0.3 is 0 Å². The summed E-state index contributed by atoms with van der Waals surface area (Å²) in [4.78, 5) is 4.59. The Hall–Kier alpha value is -1.75. The molecule has 1 aliphatic heterocycles. The second-order valence-electron chi connectivity index (χ2n) is 5.70. The number of nitrogens with two attached hydrogens (primary N) is 1. The van der Waals surface area contributed by atoms with E-state index in [1.54, 1.807) is 0 Å². The number of hydrogen-bond donors (Lipinski definition) is 2. The standard InChI is InChI=1S/C15H24N4O/c1-18(2)11-12-7-9-19(10-8-12)14-6-4-3-5-13(14)15(16)17-20/h3-6,12,20H,7-11H2,1-2H3,(H2,16,17). The molecule has 0 unspecified atom stereocenters. The zero-order chi connectivity index (χ0) is 14.5. The number of nitrogens with zero attached hydrogens (tertiary/aromatic N) is 3. The molecule has 0 amide bonds. The van der Waals surface area contributed by atoms with Crippen molar-refractivity contribution in [2.24, 2.45) is 16.8 Å². The van der Waals surface area contributed by atoms with E-state index in [-0.39, 0.29) is 5.84 Å². The summed E-state index contributed by atoms with van der Waals surface area (Å²) in [5, 5.41) is 12.0. The van der Waals surface area contributed by atoms with Crippen LogP contribution in [0, 0.1) is 5.92 Å². The van der Waals surface area contributed by atoms with E-state index in [9.17, 15) is 0 Å². The summed E-state index contributed by atoms with van der Waals surface area (Å²) < 4.78 is 0. The van der Waals surface area contributed by atoms with Crippen molar-refractivity contribution in [3.8, 4) is 0 Å². The molecule has 5 heteroatoms. The average molecular weight is 276 g/mol. The Morgan fingerprint density at radius 2 is 2.00 bits per heavy atom. The third-order valence-corrected chi connectivity index (χ3v) is 3.87. The van der Waals surface area contributed by atoms with E-state index < -0.39 is 0 Å². The lowest BCUT2D eigenvalue weighted by molar-refractivity contribution is 0.285. The second-order valence-corrected chi connectivity index (χ2v) is 5.70. The van der Waals surface area contributed by atoms with Gasteiger partial charge in [0, 0.05) is 30.9 Å². The van der Waals surface area contributed by atoms with Crippen molar-refractivity contribution >= 4 is 11.5 Å². The van der Waals surface area contributed by atoms with E-state index >= 15 is 0 Å². The number of benzene rings is 1. The molecule has 1 saturated heterocycles. The molecule has 1 fully saturated rings. The second kappa shape index (κ2) is 6.61. The van der Waals surface area contributed by atoms with Crippen molar-refractivity contribution in [2.75, 3.05) is 38.6 Å². The van der Waals surface area contributed by atoms with Crippen LogP contribution < -0.4 is 10.6 Å². The highest BCUT2D eigenvalue weighted by Gasteiger charge is 2.22. The van der Waals surface area contributed by atoms with E-state index in [1.807, 2.05) is 24.3 Å². The number of para-hydroxylation sites is 1. The fraction of sp³-hybridized carbons (Fsp3) is 0.533. The van der Waals surface area contributed by atoms with E-state index in [0.29, 0.717) is 0 Å². The summed E-state index contributed by atoms with van der Waals surface area (Å²) in [6.45, 7) is 3.19. The Morgan fingerprint density at radius 3 is 2.60 bits per heavy atom. The van der Waals surface area contributed by atoms with Gasteiger partial charge in [-0.15, -0.1) is 0 Å². The first-order chi connectivity index (χ1) is 9.61. The van der Waals surface area contributed by atoms with E-state index in [1.165, 1.54) is 12.8 Å². The van der Waals surface area contributed by atoms with Crippen molar-refractivity contribution < 1.29 is 5.21 Å². The average Bonchev–Trinajstić information content (AvgIpc) is 2.46. The van der Waals surface area contributed by atoms with Crippen molar-refractivity contribution in [1.82, 2.24) is 4.90 Å². The first-order valence-corrected chi connectivity index (χ1v) is 7.08. The lowest BCUT2D eigenvalue weighted by Crippen LogP contribution is -2.38. The van der Waals surface area contributed by atoms with Crippen LogP contribution in [0.2, 0.25) is 0 Å². The van der Waals surface area contributed by atoms with Gasteiger partial charge in [0.1, 0.15) is 0 Å². The van der Waals surface area contributed by atoms with Crippen molar-refractivity contribution in [2.45, 2.75) is 12.8 Å². The molecule has 0 aliphatic carbocycles. The summed E-state index contributed by atoms with van der Waals surface area (Å²) in [6, 6.07) is 7.85. The van der Waals surface area contributed by atoms with Crippen LogP contribution in [0.25, 0.3) is 0 Å². The fourth-order valence-electron chi connectivity index (χ4n) is 2.89. The molecule has 20 heavy (non-hydrogen) atoms. The van der Waals surface area contributed by atoms with Crippen LogP contribution in [-0.2, 0) is 0 Å². The van der Waals surface area contributed by atoms with Gasteiger partial charge in [-0.3, -0.25) is 0 Å². The van der Waals surface area contributed by atoms with Crippen LogP contribution in [0.15, 0.2) is 29.4 Å². The van der Waals surface area contributed by atoms with Crippen molar-refractivity contribution in [1.29, 1.82) is 0 Å². The largest absolute Gasteiger partial charge is 0.409 e. The minimum atomic E-state index is 0.177. The zero-order valence-electron chi connectivity index (χ0n) is 12.3. The van der Waals surface area contributed by atoms with E-state index in [4.69, 9.17) is 10.9 Å². The molecule has 0 spiro atoms. The van der Waals surface area contributed by atoms with Gasteiger partial charge < -0.3 is 20.7 Å². The quantitative estimate of drug-likeness (QED) is 0.379. The Morgan fingerprint density at radius 1 is 1.35 bits per heavy atom. The topological polar surface area (TPSA) is 65.1 Å². The Labute approximate surface area is 120 Å². The summed E-state index contributed by atoms with van der Waals surface area (Å²) in [5.74, 6) is 0.938. The number of piperidine rings is 1. The molecule has 1 heterocycles. The van der Waals surface area contributed by atoms with Gasteiger partial charge in [0.25, 0.3) is 0 Å². The van der Waals surface area contributed by atoms with Gasteiger partial charge in [0.05, 0.1) is 0 Å². The number of amidine groups is 1. The van der Waals surface area contributed by atoms with Crippen LogP contribution in [0.1, 0.15) is 18.4 Å². The molecule has 1 aromatic rings. The normalized spacial score (nSPS) is 17.8. The molecule has 5 nitrogen and oxygen atoms in total. The number of anilines is 1. The molecule has 1 aromatic carbocycles. The third kappa shape index (κ3) is 3.42. The highest BCUT2D eigenvalue weighted by Crippen LogP contribution is 2.26. The third-order valence-electron chi connectivity index (χ3n) is 3.87. The van der Waals surface area contributed by atoms with Crippen LogP contribution in [-0.4, -0.2) is 49.7 Å². The molecule has 0 bridgehead atoms. The number of rotatable bonds is 4. The van der Waals surface area contributed by atoms with Gasteiger partial charge in [-0.25, -0.2) is 0 Å². The lowest BCUT2D eigenvalue weighted by atomic mass is 9.95. The van der Waals surface area contributed by atoms with Gasteiger partial charge in [-0.05, 0) is 45.0 Å². The minimum absolute atomic E-state index is 0.177. The Kier molecular flexibility index (Phi) is 4.84. The molecule has 110 valence electrons. The monoisotopic (exact) mass is 276 g/mol. The summed E-state index contributed by atoms with van der Waals surface area (Å²) in [6.07, 6.45) is 2.37. The predicted octanol–water partition coefficient (Wildman–Crippen LogP) is 1.56. The SMILES string of the molecule is CN(C)CC1CCN(c2ccccc2C(N)=NO)CC1. The Bertz CT molecular complexity index is 465. The summed E-state index contributed by atoms with van der Waals surface area (Å²) in [7, 11) is 4.25. The highest BCUT2D eigenvalue weighted by molar-refractivity contribution is 6.02. The first-order valence-electron chi connectivity index (χ1n) is 7.08. The van der Waals surface area contributed by atoms with Crippen molar-refractivity contribution in [3.63, 3.8) is 0 Å². The van der Waals surface area contributed by atoms with Crippen LogP contribution in [0.5, 0.6) is 0 Å². The number of oxime groups is 1. The molecule has 3 N–H and O–H groups in total. The lowest BCUT2D eigenvalue weighted by Gasteiger charge is -2.35. The summed E-state index contributed by atoms with van der Waals surface area (Å²) in [5.41, 5.74) is 7.63. The van der Waals surface area contributed by atoms with Crippen LogP contribution >= 0.6 is 0 Å². The van der Waals surface area contributed by atoms with Crippen LogP contribution in [0.4, 0.5) is 5.69 Å². The molecule has 1 aliphatic rings. The molecular weight excluding hydrogens is 252 g/mol.